The van der Waals surface area contributed by atoms with Crippen molar-refractivity contribution in [3.05, 3.63) is 47.7 Å². The van der Waals surface area contributed by atoms with Crippen LogP contribution >= 0.6 is 0 Å². The largest absolute Gasteiger partial charge is 0.418 e. The summed E-state index contributed by atoms with van der Waals surface area (Å²) in [7, 11) is 0. The van der Waals surface area contributed by atoms with Gasteiger partial charge in [-0.1, -0.05) is 6.07 Å². The number of nitrogens with one attached hydrogen (secondary N) is 1. The Morgan fingerprint density at radius 2 is 1.65 bits per heavy atom. The van der Waals surface area contributed by atoms with Crippen molar-refractivity contribution in [1.82, 2.24) is 15.0 Å². The molecule has 0 atom stereocenters. The van der Waals surface area contributed by atoms with E-state index < -0.39 is 29.0 Å². The third-order valence-electron chi connectivity index (χ3n) is 3.13. The van der Waals surface area contributed by atoms with Gasteiger partial charge in [0.05, 0.1) is 16.6 Å². The lowest BCUT2D eigenvalue weighted by atomic mass is 10.1. The van der Waals surface area contributed by atoms with Crippen molar-refractivity contribution < 1.29 is 26.3 Å². The molecule has 120 valence electrons. The number of hydrogen-bond acceptors (Lipinski definition) is 2. The zero-order chi connectivity index (χ0) is 16.8. The van der Waals surface area contributed by atoms with Crippen LogP contribution in [0.5, 0.6) is 0 Å². The van der Waals surface area contributed by atoms with Crippen molar-refractivity contribution in [2.24, 2.45) is 0 Å². The Morgan fingerprint density at radius 1 is 0.913 bits per heavy atom. The summed E-state index contributed by atoms with van der Waals surface area (Å²) >= 11 is 0. The maximum Gasteiger partial charge on any atom is 0.418 e. The Kier molecular flexibility index (Phi) is 3.31. The van der Waals surface area contributed by atoms with Crippen molar-refractivity contribution in [2.45, 2.75) is 12.4 Å². The molecule has 3 rings (SSSR count). The molecule has 1 aromatic carbocycles. The zero-order valence-electron chi connectivity index (χ0n) is 11.1. The molecule has 23 heavy (non-hydrogen) atoms. The molecule has 0 fully saturated rings. The lowest BCUT2D eigenvalue weighted by Crippen LogP contribution is -2.11. The monoisotopic (exact) mass is 331 g/mol. The summed E-state index contributed by atoms with van der Waals surface area (Å²) < 4.78 is 77.6. The van der Waals surface area contributed by atoms with Crippen molar-refractivity contribution in [3.63, 3.8) is 0 Å². The van der Waals surface area contributed by atoms with Crippen LogP contribution in [0, 0.1) is 0 Å². The molecule has 0 saturated carbocycles. The molecule has 0 aliphatic heterocycles. The van der Waals surface area contributed by atoms with Gasteiger partial charge in [0.2, 0.25) is 0 Å². The quantitative estimate of drug-likeness (QED) is 0.659. The predicted octanol–water partition coefficient (Wildman–Crippen LogP) is 4.66. The van der Waals surface area contributed by atoms with E-state index in [4.69, 9.17) is 0 Å². The van der Waals surface area contributed by atoms with Crippen LogP contribution in [0.1, 0.15) is 11.1 Å². The summed E-state index contributed by atoms with van der Waals surface area (Å²) in [6.45, 7) is 0. The molecular formula is C14H7F6N3. The van der Waals surface area contributed by atoms with Crippen molar-refractivity contribution >= 4 is 11.0 Å². The number of imidazole rings is 1. The van der Waals surface area contributed by atoms with E-state index in [2.05, 4.69) is 15.0 Å². The minimum Gasteiger partial charge on any atom is -0.337 e. The molecule has 3 aromatic rings. The third-order valence-corrected chi connectivity index (χ3v) is 3.13. The van der Waals surface area contributed by atoms with Crippen LogP contribution in [0.2, 0.25) is 0 Å². The van der Waals surface area contributed by atoms with Gasteiger partial charge in [0.1, 0.15) is 11.2 Å². The Labute approximate surface area is 125 Å². The number of nitrogens with zero attached hydrogens (tertiary/aromatic N) is 2. The van der Waals surface area contributed by atoms with Gasteiger partial charge < -0.3 is 4.98 Å². The molecule has 0 saturated heterocycles. The fraction of sp³-hybridized carbons (Fsp3) is 0.143. The van der Waals surface area contributed by atoms with Gasteiger partial charge in [-0.25, -0.2) is 4.98 Å². The number of rotatable bonds is 1. The van der Waals surface area contributed by atoms with Crippen LogP contribution in [0.15, 0.2) is 36.5 Å². The number of fused-ring (bicyclic) bond motifs is 1. The van der Waals surface area contributed by atoms with E-state index in [1.807, 2.05) is 0 Å². The molecule has 2 aromatic heterocycles. The van der Waals surface area contributed by atoms with Gasteiger partial charge in [0.25, 0.3) is 0 Å². The maximum absolute atomic E-state index is 13.1. The van der Waals surface area contributed by atoms with Gasteiger partial charge in [0, 0.05) is 6.20 Å². The first-order valence-corrected chi connectivity index (χ1v) is 6.26. The molecule has 0 radical (unpaired) electrons. The van der Waals surface area contributed by atoms with Crippen LogP contribution in [0.4, 0.5) is 26.3 Å². The standard InChI is InChI=1S/C14H7F6N3/c15-13(16,17)7-5-8(14(18,19)20)11-10(6-7)22-12(23-11)9-3-1-2-4-21-9/h1-6H,(H,22,23). The predicted molar refractivity (Wildman–Crippen MR) is 69.3 cm³/mol. The third kappa shape index (κ3) is 2.86. The van der Waals surface area contributed by atoms with Gasteiger partial charge >= 0.3 is 12.4 Å². The Morgan fingerprint density at radius 3 is 2.22 bits per heavy atom. The molecule has 0 amide bonds. The topological polar surface area (TPSA) is 41.6 Å². The van der Waals surface area contributed by atoms with E-state index in [-0.39, 0.29) is 23.1 Å². The first-order valence-electron chi connectivity index (χ1n) is 6.26. The van der Waals surface area contributed by atoms with Gasteiger partial charge in [-0.2, -0.15) is 26.3 Å². The summed E-state index contributed by atoms with van der Waals surface area (Å²) in [5.41, 5.74) is -3.54. The fourth-order valence-corrected chi connectivity index (χ4v) is 2.12. The molecule has 0 aliphatic rings. The number of pyridine rings is 1. The molecule has 0 bridgehead atoms. The molecule has 0 aliphatic carbocycles. The lowest BCUT2D eigenvalue weighted by molar-refractivity contribution is -0.142. The highest BCUT2D eigenvalue weighted by Crippen LogP contribution is 2.39. The Bertz CT molecular complexity index is 849. The SMILES string of the molecule is FC(F)(F)c1cc(C(F)(F)F)c2nc(-c3ccccn3)[nH]c2c1. The molecule has 3 nitrogen and oxygen atoms in total. The molecule has 0 spiro atoms. The minimum atomic E-state index is -4.96. The second kappa shape index (κ2) is 4.97. The summed E-state index contributed by atoms with van der Waals surface area (Å²) in [4.78, 5) is 10.1. The van der Waals surface area contributed by atoms with E-state index in [0.29, 0.717) is 6.07 Å². The number of H-pyrrole nitrogens is 1. The number of aromatic amines is 1. The van der Waals surface area contributed by atoms with E-state index in [0.717, 1.165) is 0 Å². The smallest absolute Gasteiger partial charge is 0.337 e. The molecule has 0 unspecified atom stereocenters. The number of alkyl halides is 6. The van der Waals surface area contributed by atoms with Crippen molar-refractivity contribution in [1.29, 1.82) is 0 Å². The normalized spacial score (nSPS) is 12.8. The number of hydrogen-bond donors (Lipinski definition) is 1. The number of aromatic nitrogens is 3. The van der Waals surface area contributed by atoms with E-state index in [1.165, 1.54) is 12.3 Å². The highest BCUT2D eigenvalue weighted by Gasteiger charge is 2.39. The minimum absolute atomic E-state index is 0.0366. The molecule has 9 heteroatoms. The fourth-order valence-electron chi connectivity index (χ4n) is 2.12. The van der Waals surface area contributed by atoms with E-state index in [1.54, 1.807) is 12.1 Å². The first-order chi connectivity index (χ1) is 10.7. The van der Waals surface area contributed by atoms with Crippen molar-refractivity contribution in [2.75, 3.05) is 0 Å². The van der Waals surface area contributed by atoms with Crippen molar-refractivity contribution in [3.8, 4) is 11.5 Å². The summed E-state index contributed by atoms with van der Waals surface area (Å²) in [5.74, 6) is -0.0366. The second-order valence-corrected chi connectivity index (χ2v) is 4.72. The second-order valence-electron chi connectivity index (χ2n) is 4.72. The highest BCUT2D eigenvalue weighted by atomic mass is 19.4. The average Bonchev–Trinajstić information content (AvgIpc) is 2.89. The van der Waals surface area contributed by atoms with Gasteiger partial charge in [-0.15, -0.1) is 0 Å². The Balaban J connectivity index is 2.28. The summed E-state index contributed by atoms with van der Waals surface area (Å²) in [5, 5.41) is 0. The van der Waals surface area contributed by atoms with E-state index >= 15 is 0 Å². The Hall–Kier alpha value is -2.58. The van der Waals surface area contributed by atoms with Gasteiger partial charge in [-0.3, -0.25) is 4.98 Å². The zero-order valence-corrected chi connectivity index (χ0v) is 11.1. The average molecular weight is 331 g/mol. The van der Waals surface area contributed by atoms with Gasteiger partial charge in [-0.05, 0) is 24.3 Å². The molecule has 2 heterocycles. The van der Waals surface area contributed by atoms with Gasteiger partial charge in [0.15, 0.2) is 5.82 Å². The summed E-state index contributed by atoms with van der Waals surface area (Å²) in [6, 6.07) is 5.32. The van der Waals surface area contributed by atoms with Crippen LogP contribution in [0.3, 0.4) is 0 Å². The number of benzene rings is 1. The first kappa shape index (κ1) is 15.3. The molecular weight excluding hydrogens is 324 g/mol. The van der Waals surface area contributed by atoms with E-state index in [9.17, 15) is 26.3 Å². The van der Waals surface area contributed by atoms with Crippen LogP contribution in [0.25, 0.3) is 22.6 Å². The van der Waals surface area contributed by atoms with Crippen LogP contribution in [-0.4, -0.2) is 15.0 Å². The van der Waals surface area contributed by atoms with Crippen LogP contribution in [-0.2, 0) is 12.4 Å². The summed E-state index contributed by atoms with van der Waals surface area (Å²) in [6.07, 6.45) is -8.46. The maximum atomic E-state index is 13.1. The highest BCUT2D eigenvalue weighted by molar-refractivity contribution is 5.83. The van der Waals surface area contributed by atoms with Crippen LogP contribution < -0.4 is 0 Å². The lowest BCUT2D eigenvalue weighted by Gasteiger charge is -2.11. The molecule has 1 N–H and O–H groups in total. The number of halogens is 6.